The number of esters is 1. The van der Waals surface area contributed by atoms with Crippen LogP contribution in [-0.2, 0) is 23.9 Å². The number of hydrogen-bond acceptors (Lipinski definition) is 6. The van der Waals surface area contributed by atoms with E-state index in [-0.39, 0.29) is 5.78 Å². The maximum absolute atomic E-state index is 13.0. The fourth-order valence-corrected chi connectivity index (χ4v) is 3.89. The normalized spacial score (nSPS) is 39.9. The van der Waals surface area contributed by atoms with Gasteiger partial charge in [0, 0.05) is 11.5 Å². The monoisotopic (exact) mass is 360 g/mol. The van der Waals surface area contributed by atoms with Crippen LogP contribution in [0, 0.1) is 11.8 Å². The number of epoxide rings is 1. The number of aliphatic hydroxyl groups excluding tert-OH is 1. The topological polar surface area (TPSA) is 93.2 Å². The van der Waals surface area contributed by atoms with Gasteiger partial charge in [-0.3, -0.25) is 9.59 Å². The van der Waals surface area contributed by atoms with Crippen molar-refractivity contribution in [1.29, 1.82) is 0 Å². The fraction of sp³-hybridized carbons (Fsp3) is 0.550. The molecule has 140 valence electrons. The lowest BCUT2D eigenvalue weighted by Gasteiger charge is -2.24. The molecule has 0 saturated carbocycles. The molecule has 0 amide bonds. The zero-order chi connectivity index (χ0) is 19.4. The second kappa shape index (κ2) is 6.28. The van der Waals surface area contributed by atoms with Crippen molar-refractivity contribution in [2.45, 2.75) is 57.5 Å². The highest BCUT2D eigenvalue weighted by atomic mass is 16.6. The van der Waals surface area contributed by atoms with Gasteiger partial charge < -0.3 is 14.6 Å². The zero-order valence-corrected chi connectivity index (χ0v) is 15.3. The molecule has 1 saturated heterocycles. The summed E-state index contributed by atoms with van der Waals surface area (Å²) in [5.74, 6) is -2.66. The third-order valence-electron chi connectivity index (χ3n) is 5.60. The summed E-state index contributed by atoms with van der Waals surface area (Å²) < 4.78 is 10.9. The molecular formula is C20H24O6. The first-order chi connectivity index (χ1) is 12.1. The molecule has 2 bridgehead atoms. The molecule has 1 aliphatic carbocycles. The van der Waals surface area contributed by atoms with Crippen LogP contribution in [0.2, 0.25) is 0 Å². The van der Waals surface area contributed by atoms with E-state index in [0.29, 0.717) is 29.6 Å². The maximum atomic E-state index is 13.0. The minimum absolute atomic E-state index is 0.329. The molecule has 6 nitrogen and oxygen atoms in total. The van der Waals surface area contributed by atoms with Gasteiger partial charge in [0.05, 0.1) is 5.92 Å². The standard InChI is InChI=1S/C20H24O6/c1-9(2)12-7-6-11-8-13(25-19(11)24)14(10(3)4)16(22)18-20(5,26-18)17(23)15(12)21/h8,12-15,18,21H,1,3,6-7H2,2,4-5H3/t12?,13-,14-,15+,18-,20+/m1/s1. The average molecular weight is 360 g/mol. The molecule has 0 radical (unpaired) electrons. The van der Waals surface area contributed by atoms with E-state index in [1.165, 1.54) is 6.92 Å². The number of carbonyl (C=O) groups excluding carboxylic acids is 3. The summed E-state index contributed by atoms with van der Waals surface area (Å²) in [7, 11) is 0. The van der Waals surface area contributed by atoms with Crippen LogP contribution in [0.1, 0.15) is 33.6 Å². The van der Waals surface area contributed by atoms with Crippen molar-refractivity contribution in [2.24, 2.45) is 11.8 Å². The van der Waals surface area contributed by atoms with Crippen molar-refractivity contribution in [3.8, 4) is 0 Å². The summed E-state index contributed by atoms with van der Waals surface area (Å²) in [6.07, 6.45) is -0.694. The Morgan fingerprint density at radius 1 is 1.23 bits per heavy atom. The van der Waals surface area contributed by atoms with Crippen LogP contribution >= 0.6 is 0 Å². The lowest BCUT2D eigenvalue weighted by atomic mass is 9.79. The van der Waals surface area contributed by atoms with Crippen molar-refractivity contribution >= 4 is 17.5 Å². The SMILES string of the molecule is C=C(C)C1CCC2=C[C@@H](OC2=O)[C@@H](C(=C)C)C(=O)[C@H]2O[C@@]2(C)C(=O)[C@H]1O. The summed E-state index contributed by atoms with van der Waals surface area (Å²) in [6, 6.07) is 0. The van der Waals surface area contributed by atoms with Crippen LogP contribution in [0.25, 0.3) is 0 Å². The third-order valence-corrected chi connectivity index (χ3v) is 5.60. The first-order valence-electron chi connectivity index (χ1n) is 8.74. The van der Waals surface area contributed by atoms with E-state index in [1.807, 2.05) is 0 Å². The van der Waals surface area contributed by atoms with Gasteiger partial charge in [-0.15, -0.1) is 0 Å². The highest BCUT2D eigenvalue weighted by Crippen LogP contribution is 2.44. The largest absolute Gasteiger partial charge is 0.454 e. The minimum atomic E-state index is -1.37. The van der Waals surface area contributed by atoms with Gasteiger partial charge in [-0.1, -0.05) is 24.3 Å². The van der Waals surface area contributed by atoms with Crippen molar-refractivity contribution in [3.63, 3.8) is 0 Å². The first kappa shape index (κ1) is 18.7. The molecule has 0 aromatic rings. The summed E-state index contributed by atoms with van der Waals surface area (Å²) in [4.78, 5) is 38.0. The van der Waals surface area contributed by atoms with Gasteiger partial charge >= 0.3 is 5.97 Å². The fourth-order valence-electron chi connectivity index (χ4n) is 3.89. The smallest absolute Gasteiger partial charge is 0.334 e. The Balaban J connectivity index is 2.03. The summed E-state index contributed by atoms with van der Waals surface area (Å²) >= 11 is 0. The lowest BCUT2D eigenvalue weighted by molar-refractivity contribution is -0.143. The molecule has 6 heteroatoms. The van der Waals surface area contributed by atoms with Gasteiger partial charge in [0.2, 0.25) is 0 Å². The van der Waals surface area contributed by atoms with Crippen LogP contribution in [-0.4, -0.2) is 46.6 Å². The van der Waals surface area contributed by atoms with Crippen LogP contribution in [0.3, 0.4) is 0 Å². The Labute approximate surface area is 152 Å². The number of aliphatic hydroxyl groups is 1. The Morgan fingerprint density at radius 3 is 2.46 bits per heavy atom. The number of ketones is 2. The van der Waals surface area contributed by atoms with E-state index in [1.54, 1.807) is 19.9 Å². The second-order valence-electron chi connectivity index (χ2n) is 7.69. The molecule has 6 atom stereocenters. The molecule has 26 heavy (non-hydrogen) atoms. The molecule has 1 unspecified atom stereocenters. The molecule has 3 aliphatic rings. The highest BCUT2D eigenvalue weighted by Gasteiger charge is 2.65. The van der Waals surface area contributed by atoms with Gasteiger partial charge in [-0.2, -0.15) is 0 Å². The first-order valence-corrected chi connectivity index (χ1v) is 8.74. The molecule has 3 rings (SSSR count). The number of Topliss-reactive ketones (excluding diaryl/α,β-unsaturated/α-hetero) is 2. The molecule has 0 aromatic carbocycles. The molecule has 0 spiro atoms. The summed E-state index contributed by atoms with van der Waals surface area (Å²) in [6.45, 7) is 12.6. The van der Waals surface area contributed by atoms with E-state index in [4.69, 9.17) is 9.47 Å². The third kappa shape index (κ3) is 2.87. The number of rotatable bonds is 2. The molecular weight excluding hydrogens is 336 g/mol. The Kier molecular flexibility index (Phi) is 4.53. The van der Waals surface area contributed by atoms with Crippen molar-refractivity contribution < 1.29 is 29.0 Å². The lowest BCUT2D eigenvalue weighted by Crippen LogP contribution is -2.42. The van der Waals surface area contributed by atoms with Gasteiger partial charge in [0.15, 0.2) is 23.3 Å². The van der Waals surface area contributed by atoms with Crippen LogP contribution in [0.15, 0.2) is 36.0 Å². The number of fused-ring (bicyclic) bond motifs is 2. The number of ether oxygens (including phenoxy) is 2. The van der Waals surface area contributed by atoms with Crippen molar-refractivity contribution in [3.05, 3.63) is 36.0 Å². The van der Waals surface area contributed by atoms with Crippen LogP contribution in [0.4, 0.5) is 0 Å². The van der Waals surface area contributed by atoms with E-state index < -0.39 is 47.5 Å². The quantitative estimate of drug-likeness (QED) is 0.457. The average Bonchev–Trinajstić information content (AvgIpc) is 3.12. The Hall–Kier alpha value is -2.05. The Morgan fingerprint density at radius 2 is 1.88 bits per heavy atom. The van der Waals surface area contributed by atoms with Crippen molar-refractivity contribution in [2.75, 3.05) is 0 Å². The summed E-state index contributed by atoms with van der Waals surface area (Å²) in [5, 5.41) is 10.6. The van der Waals surface area contributed by atoms with Crippen molar-refractivity contribution in [1.82, 2.24) is 0 Å². The zero-order valence-electron chi connectivity index (χ0n) is 15.3. The maximum Gasteiger partial charge on any atom is 0.334 e. The molecule has 2 heterocycles. The van der Waals surface area contributed by atoms with Crippen LogP contribution in [0.5, 0.6) is 0 Å². The second-order valence-corrected chi connectivity index (χ2v) is 7.69. The predicted octanol–water partition coefficient (Wildman–Crippen LogP) is 1.67. The van der Waals surface area contributed by atoms with Gasteiger partial charge in [-0.25, -0.2) is 4.79 Å². The van der Waals surface area contributed by atoms with Crippen LogP contribution < -0.4 is 0 Å². The van der Waals surface area contributed by atoms with Gasteiger partial charge in [-0.05, 0) is 39.7 Å². The van der Waals surface area contributed by atoms with Gasteiger partial charge in [0.25, 0.3) is 0 Å². The number of hydrogen-bond donors (Lipinski definition) is 1. The summed E-state index contributed by atoms with van der Waals surface area (Å²) in [5.41, 5.74) is 0.248. The van der Waals surface area contributed by atoms with E-state index in [2.05, 4.69) is 13.2 Å². The Bertz CT molecular complexity index is 747. The van der Waals surface area contributed by atoms with E-state index in [9.17, 15) is 19.5 Å². The predicted molar refractivity (Wildman–Crippen MR) is 93.1 cm³/mol. The van der Waals surface area contributed by atoms with E-state index >= 15 is 0 Å². The molecule has 1 fully saturated rings. The molecule has 2 aliphatic heterocycles. The minimum Gasteiger partial charge on any atom is -0.454 e. The highest BCUT2D eigenvalue weighted by molar-refractivity contribution is 6.04. The molecule has 1 N–H and O–H groups in total. The molecule has 0 aromatic heterocycles. The number of carbonyl (C=O) groups is 3. The van der Waals surface area contributed by atoms with E-state index in [0.717, 1.165) is 0 Å². The van der Waals surface area contributed by atoms with Gasteiger partial charge in [0.1, 0.15) is 12.2 Å².